The van der Waals surface area contributed by atoms with Gasteiger partial charge in [0.15, 0.2) is 0 Å². The molecule has 0 saturated carbocycles. The summed E-state index contributed by atoms with van der Waals surface area (Å²) in [5.74, 6) is 1.41. The fourth-order valence-electron chi connectivity index (χ4n) is 1.58. The lowest BCUT2D eigenvalue weighted by molar-refractivity contribution is 0.151. The van der Waals surface area contributed by atoms with Crippen molar-refractivity contribution >= 4 is 11.8 Å². The van der Waals surface area contributed by atoms with Crippen molar-refractivity contribution in [1.29, 1.82) is 0 Å². The van der Waals surface area contributed by atoms with Crippen LogP contribution in [0, 0.1) is 0 Å². The molecule has 2 heterocycles. The van der Waals surface area contributed by atoms with Crippen LogP contribution in [-0.2, 0) is 0 Å². The molecule has 0 atom stereocenters. The van der Waals surface area contributed by atoms with E-state index in [1.165, 1.54) is 25.3 Å². The molecule has 0 amide bonds. The first-order chi connectivity index (χ1) is 4.81. The summed E-state index contributed by atoms with van der Waals surface area (Å²) in [6.07, 6.45) is 1.47. The summed E-state index contributed by atoms with van der Waals surface area (Å²) in [7, 11) is 2.20. The molecule has 0 aliphatic carbocycles. The van der Waals surface area contributed by atoms with E-state index in [1.54, 1.807) is 0 Å². The maximum Gasteiger partial charge on any atom is 0.0421 e. The van der Waals surface area contributed by atoms with E-state index >= 15 is 0 Å². The van der Waals surface area contributed by atoms with Crippen LogP contribution in [0.15, 0.2) is 0 Å². The van der Waals surface area contributed by atoms with Crippen LogP contribution in [0.25, 0.3) is 0 Å². The number of likely N-dealkylation sites (tertiary alicyclic amines) is 1. The van der Waals surface area contributed by atoms with Crippen molar-refractivity contribution in [3.63, 3.8) is 0 Å². The van der Waals surface area contributed by atoms with Crippen LogP contribution < -0.4 is 0 Å². The maximum absolute atomic E-state index is 2.40. The second kappa shape index (κ2) is 3.14. The first kappa shape index (κ1) is 8.41. The monoisotopic (exact) mass is 159 g/mol. The Morgan fingerprint density at radius 1 is 1.30 bits per heavy atom. The largest absolute Gasteiger partial charge is 0.304 e. The summed E-state index contributed by atoms with van der Waals surface area (Å²) in [6.45, 7) is 6.69. The van der Waals surface area contributed by atoms with Gasteiger partial charge in [0.25, 0.3) is 0 Å². The highest BCUT2D eigenvalue weighted by Crippen LogP contribution is 2.46. The van der Waals surface area contributed by atoms with Crippen LogP contribution in [0.2, 0.25) is 0 Å². The zero-order valence-electron chi connectivity index (χ0n) is 7.18. The topological polar surface area (TPSA) is 3.24 Å². The zero-order valence-corrected chi connectivity index (χ0v) is 8.00. The van der Waals surface area contributed by atoms with Gasteiger partial charge in [-0.2, -0.15) is 11.8 Å². The fraction of sp³-hybridized carbons (Fsp3) is 1.00. The van der Waals surface area contributed by atoms with E-state index in [1.807, 2.05) is 13.8 Å². The van der Waals surface area contributed by atoms with Gasteiger partial charge in [-0.25, -0.2) is 0 Å². The molecule has 0 aromatic carbocycles. The molecule has 2 fully saturated rings. The molecule has 0 unspecified atom stereocenters. The molecule has 0 aromatic heterocycles. The Hall–Kier alpha value is 0.310. The van der Waals surface area contributed by atoms with E-state index in [0.717, 1.165) is 4.75 Å². The Kier molecular flexibility index (Phi) is 2.64. The summed E-state index contributed by atoms with van der Waals surface area (Å²) in [5, 5.41) is 0. The standard InChI is InChI=1S/C6H11NS.C2H6/c1-7-4-6(5-7)2-3-8-6;1-2/h2-5H2,1H3;1-2H3. The SMILES string of the molecule is CC.CN1CC2(CCS2)C1. The number of thioether (sulfide) groups is 1. The molecule has 2 heteroatoms. The zero-order chi connectivity index (χ0) is 7.61. The van der Waals surface area contributed by atoms with Crippen LogP contribution in [0.5, 0.6) is 0 Å². The predicted octanol–water partition coefficient (Wildman–Crippen LogP) is 1.83. The fourth-order valence-corrected chi connectivity index (χ4v) is 2.98. The van der Waals surface area contributed by atoms with E-state index in [0.29, 0.717) is 0 Å². The molecular formula is C8H17NS. The lowest BCUT2D eigenvalue weighted by atomic mass is 9.96. The van der Waals surface area contributed by atoms with Gasteiger partial charge in [-0.05, 0) is 19.2 Å². The third-order valence-electron chi connectivity index (χ3n) is 2.08. The lowest BCUT2D eigenvalue weighted by Gasteiger charge is -2.53. The molecule has 2 rings (SSSR count). The van der Waals surface area contributed by atoms with Gasteiger partial charge in [0, 0.05) is 17.8 Å². The van der Waals surface area contributed by atoms with Crippen LogP contribution >= 0.6 is 11.8 Å². The average Bonchev–Trinajstić information content (AvgIpc) is 1.82. The van der Waals surface area contributed by atoms with E-state index in [4.69, 9.17) is 0 Å². The summed E-state index contributed by atoms with van der Waals surface area (Å²) >= 11 is 2.16. The van der Waals surface area contributed by atoms with Crippen molar-refractivity contribution in [1.82, 2.24) is 4.90 Å². The first-order valence-electron chi connectivity index (χ1n) is 4.13. The van der Waals surface area contributed by atoms with Crippen LogP contribution in [-0.4, -0.2) is 35.5 Å². The summed E-state index contributed by atoms with van der Waals surface area (Å²) < 4.78 is 0.759. The smallest absolute Gasteiger partial charge is 0.0421 e. The van der Waals surface area contributed by atoms with E-state index < -0.39 is 0 Å². The maximum atomic E-state index is 2.40. The van der Waals surface area contributed by atoms with Gasteiger partial charge in [0.1, 0.15) is 0 Å². The van der Waals surface area contributed by atoms with Crippen molar-refractivity contribution in [2.75, 3.05) is 25.9 Å². The Morgan fingerprint density at radius 2 is 1.80 bits per heavy atom. The number of hydrogen-bond acceptors (Lipinski definition) is 2. The van der Waals surface area contributed by atoms with Crippen LogP contribution in [0.1, 0.15) is 20.3 Å². The molecule has 10 heavy (non-hydrogen) atoms. The van der Waals surface area contributed by atoms with E-state index in [2.05, 4.69) is 23.7 Å². The average molecular weight is 159 g/mol. The minimum atomic E-state index is 0.759. The van der Waals surface area contributed by atoms with Gasteiger partial charge in [0.2, 0.25) is 0 Å². The van der Waals surface area contributed by atoms with E-state index in [-0.39, 0.29) is 0 Å². The third kappa shape index (κ3) is 1.32. The summed E-state index contributed by atoms with van der Waals surface area (Å²) in [4.78, 5) is 2.40. The molecule has 1 nitrogen and oxygen atoms in total. The van der Waals surface area contributed by atoms with Gasteiger partial charge in [0.05, 0.1) is 0 Å². The van der Waals surface area contributed by atoms with Crippen molar-refractivity contribution < 1.29 is 0 Å². The van der Waals surface area contributed by atoms with Crippen molar-refractivity contribution in [2.24, 2.45) is 0 Å². The van der Waals surface area contributed by atoms with E-state index in [9.17, 15) is 0 Å². The molecule has 0 bridgehead atoms. The summed E-state index contributed by atoms with van der Waals surface area (Å²) in [5.41, 5.74) is 0. The molecule has 2 aliphatic rings. The number of hydrogen-bond donors (Lipinski definition) is 0. The molecular weight excluding hydrogens is 142 g/mol. The molecule has 2 saturated heterocycles. The van der Waals surface area contributed by atoms with Gasteiger partial charge in [-0.1, -0.05) is 13.8 Å². The highest BCUT2D eigenvalue weighted by Gasteiger charge is 2.46. The number of rotatable bonds is 0. The van der Waals surface area contributed by atoms with Crippen molar-refractivity contribution in [3.8, 4) is 0 Å². The van der Waals surface area contributed by atoms with Gasteiger partial charge >= 0.3 is 0 Å². The van der Waals surface area contributed by atoms with Crippen molar-refractivity contribution in [3.05, 3.63) is 0 Å². The normalized spacial score (nSPS) is 27.9. The molecule has 0 N–H and O–H groups in total. The molecule has 60 valence electrons. The summed E-state index contributed by atoms with van der Waals surface area (Å²) in [6, 6.07) is 0. The lowest BCUT2D eigenvalue weighted by Crippen LogP contribution is -2.61. The Labute approximate surface area is 68.2 Å². The van der Waals surface area contributed by atoms with Crippen LogP contribution in [0.3, 0.4) is 0 Å². The molecule has 0 radical (unpaired) electrons. The van der Waals surface area contributed by atoms with Crippen molar-refractivity contribution in [2.45, 2.75) is 25.0 Å². The Bertz CT molecular complexity index is 102. The van der Waals surface area contributed by atoms with Gasteiger partial charge < -0.3 is 4.90 Å². The Morgan fingerprint density at radius 3 is 1.90 bits per heavy atom. The van der Waals surface area contributed by atoms with Crippen LogP contribution in [0.4, 0.5) is 0 Å². The van der Waals surface area contributed by atoms with Gasteiger partial charge in [-0.15, -0.1) is 0 Å². The quantitative estimate of drug-likeness (QED) is 0.530. The van der Waals surface area contributed by atoms with Gasteiger partial charge in [-0.3, -0.25) is 0 Å². The molecule has 1 spiro atoms. The Balaban J connectivity index is 0.000000231. The first-order valence-corrected chi connectivity index (χ1v) is 5.12. The minimum absolute atomic E-state index is 0.759. The molecule has 2 aliphatic heterocycles. The highest BCUT2D eigenvalue weighted by molar-refractivity contribution is 8.02. The third-order valence-corrected chi connectivity index (χ3v) is 3.57. The second-order valence-corrected chi connectivity index (χ2v) is 4.52. The molecule has 0 aromatic rings. The second-order valence-electron chi connectivity index (χ2n) is 2.95. The highest BCUT2D eigenvalue weighted by atomic mass is 32.2. The number of nitrogens with zero attached hydrogens (tertiary/aromatic N) is 1. The predicted molar refractivity (Wildman–Crippen MR) is 48.7 cm³/mol. The minimum Gasteiger partial charge on any atom is -0.304 e.